The van der Waals surface area contributed by atoms with Crippen molar-refractivity contribution < 1.29 is 28.0 Å². The van der Waals surface area contributed by atoms with Gasteiger partial charge in [-0.1, -0.05) is 0 Å². The van der Waals surface area contributed by atoms with Gasteiger partial charge in [-0.2, -0.15) is 0 Å². The minimum Gasteiger partial charge on any atom is -0.397 e. The van der Waals surface area contributed by atoms with Crippen molar-refractivity contribution in [3.8, 4) is 5.75 Å². The molecule has 0 amide bonds. The summed E-state index contributed by atoms with van der Waals surface area (Å²) >= 11 is 0. The zero-order chi connectivity index (χ0) is 12.3. The summed E-state index contributed by atoms with van der Waals surface area (Å²) in [7, 11) is 0. The molecular formula is C7H4F3N3O3+2. The average Bonchev–Trinajstić information content (AvgIpc) is 2.15. The van der Waals surface area contributed by atoms with Gasteiger partial charge in [0.15, 0.2) is 4.98 Å². The number of benzene rings is 1. The Morgan fingerprint density at radius 3 is 2.50 bits per heavy atom. The van der Waals surface area contributed by atoms with Crippen molar-refractivity contribution in [1.29, 1.82) is 5.39 Å². The lowest BCUT2D eigenvalue weighted by molar-refractivity contribution is -0.729. The molecule has 0 aliphatic heterocycles. The van der Waals surface area contributed by atoms with Crippen LogP contribution in [0.3, 0.4) is 0 Å². The highest BCUT2D eigenvalue weighted by Crippen LogP contribution is 2.34. The molecule has 1 rings (SSSR count). The maximum absolute atomic E-state index is 11.8. The molecule has 0 saturated heterocycles. The van der Waals surface area contributed by atoms with Crippen LogP contribution in [0.25, 0.3) is 4.98 Å². The average molecular weight is 235 g/mol. The van der Waals surface area contributed by atoms with Crippen LogP contribution in [0.2, 0.25) is 0 Å². The number of alkyl halides is 3. The predicted molar refractivity (Wildman–Crippen MR) is 42.9 cm³/mol. The maximum Gasteiger partial charge on any atom is 0.573 e. The Morgan fingerprint density at radius 2 is 2.06 bits per heavy atom. The largest absolute Gasteiger partial charge is 0.573 e. The molecule has 1 aromatic rings. The molecule has 0 spiro atoms. The summed E-state index contributed by atoms with van der Waals surface area (Å²) < 4.78 is 39.1. The molecule has 9 heteroatoms. The first-order chi connectivity index (χ1) is 7.33. The number of ether oxygens (including phenoxy) is 1. The van der Waals surface area contributed by atoms with Gasteiger partial charge in [0.25, 0.3) is 4.92 Å². The van der Waals surface area contributed by atoms with E-state index < -0.39 is 28.4 Å². The number of rotatable bonds is 2. The quantitative estimate of drug-likeness (QED) is 0.631. The van der Waals surface area contributed by atoms with Gasteiger partial charge < -0.3 is 4.74 Å². The lowest BCUT2D eigenvalue weighted by Crippen LogP contribution is -2.17. The Kier molecular flexibility index (Phi) is 2.94. The standard InChI is InChI=1S/C7H4F3N3O3/c8-7(9,10)16-6-2-1-4(13(14)15)3-5(6)12-11/h1-3H,(H,14,15)/q+2. The van der Waals surface area contributed by atoms with Crippen molar-refractivity contribution in [3.05, 3.63) is 28.1 Å². The SMILES string of the molecule is N#[N+]c1cc([N+](=O)O)ccc1OC(F)(F)F. The summed E-state index contributed by atoms with van der Waals surface area (Å²) in [5.41, 5.74) is -1.04. The molecule has 0 bridgehead atoms. The Labute approximate surface area is 86.0 Å². The van der Waals surface area contributed by atoms with E-state index in [4.69, 9.17) is 10.6 Å². The van der Waals surface area contributed by atoms with Gasteiger partial charge >= 0.3 is 17.7 Å². The second-order valence-corrected chi connectivity index (χ2v) is 2.57. The third-order valence-electron chi connectivity index (χ3n) is 1.50. The number of hydrogen-bond donors (Lipinski definition) is 1. The molecule has 1 aromatic carbocycles. The summed E-state index contributed by atoms with van der Waals surface area (Å²) in [5.74, 6) is -0.791. The van der Waals surface area contributed by atoms with Gasteiger partial charge in [-0.3, -0.25) is 0 Å². The van der Waals surface area contributed by atoms with Crippen LogP contribution in [0.5, 0.6) is 5.75 Å². The van der Waals surface area contributed by atoms with Gasteiger partial charge in [-0.25, -0.2) is 5.21 Å². The van der Waals surface area contributed by atoms with Crippen LogP contribution < -0.4 is 4.74 Å². The summed E-state index contributed by atoms with van der Waals surface area (Å²) in [5, 5.41) is 16.9. The highest BCUT2D eigenvalue weighted by molar-refractivity contribution is 5.61. The molecule has 0 fully saturated rings. The molecule has 0 heterocycles. The predicted octanol–water partition coefficient (Wildman–Crippen LogP) is 2.87. The van der Waals surface area contributed by atoms with Crippen LogP contribution in [-0.2, 0) is 0 Å². The van der Waals surface area contributed by atoms with Gasteiger partial charge in [0, 0.05) is 6.07 Å². The fourth-order valence-corrected chi connectivity index (χ4v) is 0.914. The third-order valence-corrected chi connectivity index (χ3v) is 1.50. The molecule has 0 aliphatic carbocycles. The molecular weight excluding hydrogens is 231 g/mol. The second kappa shape index (κ2) is 4.01. The van der Waals surface area contributed by atoms with E-state index in [1.165, 1.54) is 0 Å². The smallest absolute Gasteiger partial charge is 0.397 e. The number of halogens is 3. The van der Waals surface area contributed by atoms with Gasteiger partial charge in [0.05, 0.1) is 4.91 Å². The second-order valence-electron chi connectivity index (χ2n) is 2.57. The molecule has 16 heavy (non-hydrogen) atoms. The van der Waals surface area contributed by atoms with E-state index in [1.54, 1.807) is 0 Å². The number of nitrogens with zero attached hydrogens (tertiary/aromatic N) is 3. The molecule has 0 aliphatic rings. The lowest BCUT2D eigenvalue weighted by Gasteiger charge is -2.05. The summed E-state index contributed by atoms with van der Waals surface area (Å²) in [6.45, 7) is 0. The number of diazo groups is 1. The molecule has 0 unspecified atom stereocenters. The van der Waals surface area contributed by atoms with Crippen LogP contribution in [-0.4, -0.2) is 16.5 Å². The summed E-state index contributed by atoms with van der Waals surface area (Å²) in [6.07, 6.45) is -4.95. The Hall–Kier alpha value is -2.37. The first-order valence-electron chi connectivity index (χ1n) is 3.74. The van der Waals surface area contributed by atoms with E-state index in [0.29, 0.717) is 6.07 Å². The molecule has 0 atom stereocenters. The van der Waals surface area contributed by atoms with Gasteiger partial charge in [-0.15, -0.1) is 13.2 Å². The van der Waals surface area contributed by atoms with Crippen LogP contribution in [0.4, 0.5) is 24.5 Å². The molecule has 84 valence electrons. The first-order valence-corrected chi connectivity index (χ1v) is 3.74. The van der Waals surface area contributed by atoms with E-state index in [2.05, 4.69) is 9.71 Å². The normalized spacial score (nSPS) is 10.6. The minimum absolute atomic E-state index is 0.401. The van der Waals surface area contributed by atoms with Crippen LogP contribution in [0.15, 0.2) is 18.2 Å². The lowest BCUT2D eigenvalue weighted by atomic mass is 10.2. The Balaban J connectivity index is 3.14. The molecule has 1 N–H and O–H groups in total. The monoisotopic (exact) mass is 235 g/mol. The molecule has 0 aromatic heterocycles. The van der Waals surface area contributed by atoms with Gasteiger partial charge in [0.2, 0.25) is 11.1 Å². The Bertz CT molecular complexity index is 466. The maximum atomic E-state index is 11.8. The summed E-state index contributed by atoms with van der Waals surface area (Å²) in [4.78, 5) is 12.3. The molecule has 6 nitrogen and oxygen atoms in total. The zero-order valence-electron chi connectivity index (χ0n) is 7.47. The topological polar surface area (TPSA) is 77.7 Å². The third kappa shape index (κ3) is 2.81. The number of hydrogen-bond acceptors (Lipinski definition) is 3. The fraction of sp³-hybridized carbons (Fsp3) is 0.143. The van der Waals surface area contributed by atoms with Crippen molar-refractivity contribution in [3.63, 3.8) is 0 Å². The minimum atomic E-state index is -4.95. The van der Waals surface area contributed by atoms with E-state index >= 15 is 0 Å². The van der Waals surface area contributed by atoms with Gasteiger partial charge in [-0.05, 0) is 6.07 Å². The zero-order valence-corrected chi connectivity index (χ0v) is 7.47. The first kappa shape index (κ1) is 11.7. The van der Waals surface area contributed by atoms with Crippen molar-refractivity contribution in [1.82, 2.24) is 0 Å². The van der Waals surface area contributed by atoms with Crippen LogP contribution in [0.1, 0.15) is 0 Å². The van der Waals surface area contributed by atoms with E-state index in [-0.39, 0.29) is 0 Å². The van der Waals surface area contributed by atoms with E-state index in [0.717, 1.165) is 12.1 Å². The van der Waals surface area contributed by atoms with Gasteiger partial charge in [0.1, 0.15) is 6.07 Å². The van der Waals surface area contributed by atoms with Crippen molar-refractivity contribution in [2.75, 3.05) is 0 Å². The Morgan fingerprint density at radius 1 is 1.44 bits per heavy atom. The van der Waals surface area contributed by atoms with Crippen molar-refractivity contribution in [2.45, 2.75) is 6.36 Å². The van der Waals surface area contributed by atoms with Crippen molar-refractivity contribution >= 4 is 11.4 Å². The molecule has 0 saturated carbocycles. The highest BCUT2D eigenvalue weighted by atomic mass is 19.4. The summed E-state index contributed by atoms with van der Waals surface area (Å²) in [6, 6.07) is 2.32. The fourth-order valence-electron chi connectivity index (χ4n) is 0.914. The van der Waals surface area contributed by atoms with Crippen LogP contribution >= 0.6 is 0 Å². The highest BCUT2D eigenvalue weighted by Gasteiger charge is 2.35. The van der Waals surface area contributed by atoms with Crippen LogP contribution in [0, 0.1) is 10.3 Å². The van der Waals surface area contributed by atoms with E-state index in [1.807, 2.05) is 0 Å². The molecule has 0 radical (unpaired) electrons. The van der Waals surface area contributed by atoms with E-state index in [9.17, 15) is 18.1 Å². The van der Waals surface area contributed by atoms with Crippen molar-refractivity contribution in [2.24, 2.45) is 0 Å².